The maximum absolute atomic E-state index is 10.5. The smallest absolute Gasteiger partial charge is 0.113 e. The largest absolute Gasteiger partial charge is 0.755 e. The van der Waals surface area contributed by atoms with Crippen molar-refractivity contribution < 1.29 is 8.76 Å². The quantitative estimate of drug-likeness (QED) is 0.741. The van der Waals surface area contributed by atoms with Crippen molar-refractivity contribution in [2.24, 2.45) is 0 Å². The highest BCUT2D eigenvalue weighted by Crippen LogP contribution is 2.18. The second kappa shape index (κ2) is 3.69. The Morgan fingerprint density at radius 1 is 1.29 bits per heavy atom. The molecule has 5 nitrogen and oxygen atoms in total. The summed E-state index contributed by atoms with van der Waals surface area (Å²) in [6.45, 7) is 0. The van der Waals surface area contributed by atoms with Gasteiger partial charge in [-0.2, -0.15) is 0 Å². The van der Waals surface area contributed by atoms with Gasteiger partial charge in [-0.05, 0) is 12.1 Å². The first-order valence-electron chi connectivity index (χ1n) is 3.83. The molecule has 0 radical (unpaired) electrons. The number of nitrogens with zero attached hydrogens (tertiary/aromatic N) is 2. The minimum Gasteiger partial charge on any atom is -0.755 e. The number of rotatable bonds is 2. The van der Waals surface area contributed by atoms with Crippen LogP contribution in [0.1, 0.15) is 0 Å². The van der Waals surface area contributed by atoms with Crippen molar-refractivity contribution in [3.8, 4) is 0 Å². The summed E-state index contributed by atoms with van der Waals surface area (Å²) in [5.41, 5.74) is 1.63. The Morgan fingerprint density at radius 2 is 2.07 bits per heavy atom. The molecule has 6 heteroatoms. The molecule has 14 heavy (non-hydrogen) atoms. The molecule has 2 aromatic rings. The molecule has 1 unspecified atom stereocenters. The van der Waals surface area contributed by atoms with Crippen LogP contribution in [0.15, 0.2) is 30.6 Å². The molecule has 0 aliphatic carbocycles. The van der Waals surface area contributed by atoms with Crippen LogP contribution in [0.25, 0.3) is 11.0 Å². The number of para-hydroxylation sites is 1. The van der Waals surface area contributed by atoms with Gasteiger partial charge in [-0.25, -0.2) is 0 Å². The number of benzene rings is 1. The number of nitrogens with one attached hydrogen (secondary N) is 1. The van der Waals surface area contributed by atoms with Crippen LogP contribution < -0.4 is 4.72 Å². The van der Waals surface area contributed by atoms with Gasteiger partial charge < -0.3 is 9.27 Å². The second-order valence-electron chi connectivity index (χ2n) is 2.57. The first-order chi connectivity index (χ1) is 6.77. The molecular formula is C8H6N3O2S-. The summed E-state index contributed by atoms with van der Waals surface area (Å²) < 4.78 is 23.2. The molecule has 72 valence electrons. The number of hydrogen-bond donors (Lipinski definition) is 1. The van der Waals surface area contributed by atoms with Gasteiger partial charge in [-0.3, -0.25) is 14.2 Å². The van der Waals surface area contributed by atoms with Gasteiger partial charge in [0.2, 0.25) is 0 Å². The van der Waals surface area contributed by atoms with Crippen LogP contribution in [0, 0.1) is 0 Å². The van der Waals surface area contributed by atoms with Gasteiger partial charge in [0.1, 0.15) is 5.52 Å². The van der Waals surface area contributed by atoms with E-state index in [1.807, 2.05) is 0 Å². The van der Waals surface area contributed by atoms with Crippen LogP contribution in [0.4, 0.5) is 5.69 Å². The summed E-state index contributed by atoms with van der Waals surface area (Å²) in [5, 5.41) is 0. The van der Waals surface area contributed by atoms with Crippen LogP contribution in [-0.4, -0.2) is 18.7 Å². The molecule has 0 saturated heterocycles. The van der Waals surface area contributed by atoms with Crippen molar-refractivity contribution in [3.05, 3.63) is 30.6 Å². The van der Waals surface area contributed by atoms with Crippen LogP contribution >= 0.6 is 0 Å². The molecule has 1 aromatic carbocycles. The minimum atomic E-state index is -2.34. The van der Waals surface area contributed by atoms with E-state index in [0.717, 1.165) is 0 Å². The zero-order chi connectivity index (χ0) is 9.97. The Hall–Kier alpha value is -1.53. The van der Waals surface area contributed by atoms with Gasteiger partial charge in [0, 0.05) is 23.7 Å². The number of anilines is 1. The van der Waals surface area contributed by atoms with E-state index >= 15 is 0 Å². The van der Waals surface area contributed by atoms with E-state index in [1.54, 1.807) is 24.4 Å². The maximum atomic E-state index is 10.5. The fraction of sp³-hybridized carbons (Fsp3) is 0. The van der Waals surface area contributed by atoms with Crippen LogP contribution in [0.3, 0.4) is 0 Å². The number of aromatic nitrogens is 2. The summed E-state index contributed by atoms with van der Waals surface area (Å²) in [6, 6.07) is 5.11. The van der Waals surface area contributed by atoms with Crippen LogP contribution in [0.5, 0.6) is 0 Å². The monoisotopic (exact) mass is 208 g/mol. The van der Waals surface area contributed by atoms with Crippen molar-refractivity contribution in [3.63, 3.8) is 0 Å². The fourth-order valence-electron chi connectivity index (χ4n) is 1.16. The summed E-state index contributed by atoms with van der Waals surface area (Å²) in [5.74, 6) is 0. The fourth-order valence-corrected chi connectivity index (χ4v) is 1.51. The van der Waals surface area contributed by atoms with Gasteiger partial charge in [0.15, 0.2) is 0 Å². The normalized spacial score (nSPS) is 12.6. The van der Waals surface area contributed by atoms with Crippen molar-refractivity contribution in [2.75, 3.05) is 4.72 Å². The maximum Gasteiger partial charge on any atom is 0.113 e. The van der Waals surface area contributed by atoms with E-state index in [9.17, 15) is 8.76 Å². The van der Waals surface area contributed by atoms with Crippen molar-refractivity contribution in [2.45, 2.75) is 0 Å². The zero-order valence-corrected chi connectivity index (χ0v) is 7.82. The molecule has 0 spiro atoms. The summed E-state index contributed by atoms with van der Waals surface area (Å²) >= 11 is -2.34. The standard InChI is InChI=1S/C8H7N3O2S/c12-14(13)11-7-3-1-2-6-8(7)10-5-4-9-6/h1-5,11H,(H,12,13)/p-1. The van der Waals surface area contributed by atoms with E-state index in [4.69, 9.17) is 0 Å². The zero-order valence-electron chi connectivity index (χ0n) is 7.01. The second-order valence-corrected chi connectivity index (χ2v) is 3.24. The third-order valence-electron chi connectivity index (χ3n) is 1.69. The van der Waals surface area contributed by atoms with E-state index < -0.39 is 11.3 Å². The van der Waals surface area contributed by atoms with E-state index in [0.29, 0.717) is 16.7 Å². The van der Waals surface area contributed by atoms with Crippen LogP contribution in [-0.2, 0) is 11.3 Å². The van der Waals surface area contributed by atoms with Gasteiger partial charge in [0.25, 0.3) is 0 Å². The average molecular weight is 208 g/mol. The Labute approximate surface area is 82.6 Å². The number of hydrogen-bond acceptors (Lipinski definition) is 4. The van der Waals surface area contributed by atoms with Gasteiger partial charge in [0.05, 0.1) is 11.2 Å². The third kappa shape index (κ3) is 1.70. The topological polar surface area (TPSA) is 77.9 Å². The summed E-state index contributed by atoms with van der Waals surface area (Å²) in [4.78, 5) is 8.08. The molecule has 0 fully saturated rings. The molecule has 0 aliphatic heterocycles. The molecule has 1 atom stereocenters. The summed E-state index contributed by atoms with van der Waals surface area (Å²) in [6.07, 6.45) is 3.07. The molecule has 1 N–H and O–H groups in total. The first-order valence-corrected chi connectivity index (χ1v) is 4.90. The number of fused-ring (bicyclic) bond motifs is 1. The molecular weight excluding hydrogens is 202 g/mol. The lowest BCUT2D eigenvalue weighted by Crippen LogP contribution is -2.03. The van der Waals surface area contributed by atoms with E-state index in [-0.39, 0.29) is 0 Å². The molecule has 1 heterocycles. The van der Waals surface area contributed by atoms with Crippen molar-refractivity contribution in [1.82, 2.24) is 9.97 Å². The highest BCUT2D eigenvalue weighted by molar-refractivity contribution is 7.80. The average Bonchev–Trinajstić information content (AvgIpc) is 2.18. The predicted molar refractivity (Wildman–Crippen MR) is 52.1 cm³/mol. The predicted octanol–water partition coefficient (Wildman–Crippen LogP) is 0.836. The molecule has 0 saturated carbocycles. The Bertz CT molecular complexity index is 483. The lowest BCUT2D eigenvalue weighted by atomic mass is 10.2. The summed E-state index contributed by atoms with van der Waals surface area (Å²) in [7, 11) is 0. The lowest BCUT2D eigenvalue weighted by molar-refractivity contribution is 0.542. The minimum absolute atomic E-state index is 0.434. The Kier molecular flexibility index (Phi) is 2.38. The van der Waals surface area contributed by atoms with Gasteiger partial charge in [-0.1, -0.05) is 6.07 Å². The van der Waals surface area contributed by atoms with Gasteiger partial charge in [-0.15, -0.1) is 0 Å². The Balaban J connectivity index is 2.59. The Morgan fingerprint density at radius 3 is 2.86 bits per heavy atom. The van der Waals surface area contributed by atoms with E-state index in [1.165, 1.54) is 6.20 Å². The first kappa shape index (κ1) is 9.04. The van der Waals surface area contributed by atoms with Crippen LogP contribution in [0.2, 0.25) is 0 Å². The molecule has 2 rings (SSSR count). The molecule has 0 bridgehead atoms. The SMILES string of the molecule is O=S([O-])Nc1cccc2nccnc12. The third-order valence-corrected chi connectivity index (χ3v) is 2.08. The molecule has 0 amide bonds. The molecule has 1 aromatic heterocycles. The van der Waals surface area contributed by atoms with Crippen molar-refractivity contribution >= 4 is 28.0 Å². The highest BCUT2D eigenvalue weighted by atomic mass is 32.2. The van der Waals surface area contributed by atoms with Crippen molar-refractivity contribution in [1.29, 1.82) is 0 Å². The highest BCUT2D eigenvalue weighted by Gasteiger charge is 2.00. The van der Waals surface area contributed by atoms with E-state index in [2.05, 4.69) is 14.7 Å². The molecule has 0 aliphatic rings. The lowest BCUT2D eigenvalue weighted by Gasteiger charge is -2.09. The van der Waals surface area contributed by atoms with Gasteiger partial charge >= 0.3 is 0 Å².